The van der Waals surface area contributed by atoms with Crippen LogP contribution in [-0.4, -0.2) is 17.4 Å². The number of carbonyl (C=O) groups excluding carboxylic acids is 1. The van der Waals surface area contributed by atoms with Crippen molar-refractivity contribution in [2.45, 2.75) is 6.42 Å². The van der Waals surface area contributed by atoms with Crippen molar-refractivity contribution in [3.63, 3.8) is 0 Å². The third-order valence-electron chi connectivity index (χ3n) is 2.29. The van der Waals surface area contributed by atoms with Gasteiger partial charge in [-0.25, -0.2) is 0 Å². The second-order valence-corrected chi connectivity index (χ2v) is 3.55. The summed E-state index contributed by atoms with van der Waals surface area (Å²) in [4.78, 5) is 15.7. The fourth-order valence-electron chi connectivity index (χ4n) is 1.43. The monoisotopic (exact) mass is 227 g/mol. The van der Waals surface area contributed by atoms with E-state index in [0.717, 1.165) is 5.75 Å². The Hall–Kier alpha value is -2.16. The van der Waals surface area contributed by atoms with Gasteiger partial charge in [-0.2, -0.15) is 0 Å². The molecule has 2 rings (SSSR count). The molecule has 2 aromatic rings. The molecule has 0 atom stereocenters. The van der Waals surface area contributed by atoms with Gasteiger partial charge in [-0.05, 0) is 24.3 Å². The number of Topliss-reactive ketones (excluding diaryl/α,β-unsaturated/α-hetero) is 1. The number of benzene rings is 1. The number of nitrogens with zero attached hydrogens (tertiary/aromatic N) is 1. The maximum absolute atomic E-state index is 11.7. The normalized spacial score (nSPS) is 9.88. The first-order valence-electron chi connectivity index (χ1n) is 5.48. The van der Waals surface area contributed by atoms with E-state index in [2.05, 4.69) is 4.98 Å². The molecule has 0 saturated carbocycles. The summed E-state index contributed by atoms with van der Waals surface area (Å²) in [7, 11) is 0. The highest BCUT2D eigenvalue weighted by atomic mass is 16.5. The van der Waals surface area contributed by atoms with E-state index in [0.29, 0.717) is 18.7 Å². The summed E-state index contributed by atoms with van der Waals surface area (Å²) in [5.41, 5.74) is 0.490. The lowest BCUT2D eigenvalue weighted by Crippen LogP contribution is -2.07. The van der Waals surface area contributed by atoms with Gasteiger partial charge in [0.2, 0.25) is 0 Å². The van der Waals surface area contributed by atoms with Crippen LogP contribution in [0.25, 0.3) is 0 Å². The number of rotatable bonds is 5. The van der Waals surface area contributed by atoms with Gasteiger partial charge >= 0.3 is 0 Å². The van der Waals surface area contributed by atoms with E-state index in [1.807, 2.05) is 30.3 Å². The van der Waals surface area contributed by atoms with Crippen molar-refractivity contribution < 1.29 is 9.53 Å². The third kappa shape index (κ3) is 3.41. The third-order valence-corrected chi connectivity index (χ3v) is 2.29. The van der Waals surface area contributed by atoms with Crippen LogP contribution in [0.5, 0.6) is 5.75 Å². The van der Waals surface area contributed by atoms with E-state index in [9.17, 15) is 4.79 Å². The van der Waals surface area contributed by atoms with Crippen LogP contribution in [-0.2, 0) is 0 Å². The summed E-state index contributed by atoms with van der Waals surface area (Å²) >= 11 is 0. The van der Waals surface area contributed by atoms with Gasteiger partial charge in [-0.3, -0.25) is 9.78 Å². The number of pyridine rings is 1. The predicted molar refractivity (Wildman–Crippen MR) is 65.1 cm³/mol. The summed E-state index contributed by atoms with van der Waals surface area (Å²) in [6, 6.07) is 14.8. The fourth-order valence-corrected chi connectivity index (χ4v) is 1.43. The van der Waals surface area contributed by atoms with Crippen LogP contribution in [0, 0.1) is 0 Å². The van der Waals surface area contributed by atoms with E-state index >= 15 is 0 Å². The second-order valence-electron chi connectivity index (χ2n) is 3.55. The van der Waals surface area contributed by atoms with Gasteiger partial charge in [-0.15, -0.1) is 0 Å². The van der Waals surface area contributed by atoms with Crippen LogP contribution < -0.4 is 4.74 Å². The van der Waals surface area contributed by atoms with Gasteiger partial charge in [0.25, 0.3) is 0 Å². The van der Waals surface area contributed by atoms with Crippen LogP contribution in [0.3, 0.4) is 0 Å². The topological polar surface area (TPSA) is 39.2 Å². The lowest BCUT2D eigenvalue weighted by atomic mass is 10.2. The molecule has 0 bridgehead atoms. The Labute approximate surface area is 100 Å². The van der Waals surface area contributed by atoms with E-state index < -0.39 is 0 Å². The van der Waals surface area contributed by atoms with E-state index in [-0.39, 0.29) is 5.78 Å². The van der Waals surface area contributed by atoms with Gasteiger partial charge < -0.3 is 4.74 Å². The Bertz CT molecular complexity index is 468. The molecule has 17 heavy (non-hydrogen) atoms. The summed E-state index contributed by atoms with van der Waals surface area (Å²) in [6.45, 7) is 0.374. The minimum Gasteiger partial charge on any atom is -0.493 e. The molecule has 0 spiro atoms. The first-order valence-corrected chi connectivity index (χ1v) is 5.48. The highest BCUT2D eigenvalue weighted by molar-refractivity contribution is 5.94. The predicted octanol–water partition coefficient (Wildman–Crippen LogP) is 2.73. The molecule has 0 radical (unpaired) electrons. The van der Waals surface area contributed by atoms with Gasteiger partial charge in [-0.1, -0.05) is 24.3 Å². The second kappa shape index (κ2) is 5.80. The van der Waals surface area contributed by atoms with Crippen molar-refractivity contribution in [1.82, 2.24) is 4.98 Å². The molecule has 1 heterocycles. The van der Waals surface area contributed by atoms with Crippen LogP contribution >= 0.6 is 0 Å². The number of hydrogen-bond donors (Lipinski definition) is 0. The van der Waals surface area contributed by atoms with Crippen molar-refractivity contribution in [1.29, 1.82) is 0 Å². The zero-order valence-electron chi connectivity index (χ0n) is 9.37. The maximum atomic E-state index is 11.7. The fraction of sp³-hybridized carbons (Fsp3) is 0.143. The molecular weight excluding hydrogens is 214 g/mol. The summed E-state index contributed by atoms with van der Waals surface area (Å²) in [5, 5.41) is 0. The average Bonchev–Trinajstić information content (AvgIpc) is 2.41. The molecule has 86 valence electrons. The van der Waals surface area contributed by atoms with Crippen molar-refractivity contribution in [2.75, 3.05) is 6.61 Å². The van der Waals surface area contributed by atoms with Crippen LogP contribution in [0.2, 0.25) is 0 Å². The zero-order chi connectivity index (χ0) is 11.9. The van der Waals surface area contributed by atoms with Crippen LogP contribution in [0.15, 0.2) is 54.7 Å². The molecule has 0 fully saturated rings. The smallest absolute Gasteiger partial charge is 0.184 e. The molecule has 0 amide bonds. The van der Waals surface area contributed by atoms with E-state index in [1.165, 1.54) is 0 Å². The lowest BCUT2D eigenvalue weighted by molar-refractivity contribution is 0.0957. The Morgan fingerprint density at radius 3 is 2.53 bits per heavy atom. The summed E-state index contributed by atoms with van der Waals surface area (Å²) < 4.78 is 5.45. The molecule has 1 aromatic carbocycles. The van der Waals surface area contributed by atoms with Crippen molar-refractivity contribution in [3.8, 4) is 5.75 Å². The highest BCUT2D eigenvalue weighted by Gasteiger charge is 2.06. The Morgan fingerprint density at radius 1 is 1.06 bits per heavy atom. The van der Waals surface area contributed by atoms with Crippen molar-refractivity contribution in [2.24, 2.45) is 0 Å². The molecule has 0 unspecified atom stereocenters. The number of carbonyl (C=O) groups is 1. The van der Waals surface area contributed by atoms with Crippen molar-refractivity contribution in [3.05, 3.63) is 60.4 Å². The van der Waals surface area contributed by atoms with E-state index in [4.69, 9.17) is 4.74 Å². The molecule has 0 aliphatic heterocycles. The van der Waals surface area contributed by atoms with Crippen molar-refractivity contribution >= 4 is 5.78 Å². The summed E-state index contributed by atoms with van der Waals surface area (Å²) in [6.07, 6.45) is 1.96. The maximum Gasteiger partial charge on any atom is 0.184 e. The Balaban J connectivity index is 1.82. The SMILES string of the molecule is O=C(CCOc1ccccc1)c1ccccn1. The largest absolute Gasteiger partial charge is 0.493 e. The number of aromatic nitrogens is 1. The Morgan fingerprint density at radius 2 is 1.82 bits per heavy atom. The van der Waals surface area contributed by atoms with Gasteiger partial charge in [0.1, 0.15) is 11.4 Å². The molecule has 0 saturated heterocycles. The lowest BCUT2D eigenvalue weighted by Gasteiger charge is -2.04. The first-order chi connectivity index (χ1) is 8.36. The zero-order valence-corrected chi connectivity index (χ0v) is 9.37. The molecule has 0 aliphatic rings. The number of para-hydroxylation sites is 1. The molecule has 3 nitrogen and oxygen atoms in total. The average molecular weight is 227 g/mol. The van der Waals surface area contributed by atoms with Gasteiger partial charge in [0.05, 0.1) is 6.61 Å². The molecule has 0 N–H and O–H groups in total. The molecule has 1 aromatic heterocycles. The highest BCUT2D eigenvalue weighted by Crippen LogP contribution is 2.09. The van der Waals surface area contributed by atoms with Crippen LogP contribution in [0.1, 0.15) is 16.9 Å². The van der Waals surface area contributed by atoms with Crippen LogP contribution in [0.4, 0.5) is 0 Å². The first kappa shape index (κ1) is 11.3. The minimum atomic E-state index is 0.00142. The number of ether oxygens (including phenoxy) is 1. The Kier molecular flexibility index (Phi) is 3.86. The van der Waals surface area contributed by atoms with Gasteiger partial charge in [0.15, 0.2) is 5.78 Å². The van der Waals surface area contributed by atoms with E-state index in [1.54, 1.807) is 24.4 Å². The molecule has 3 heteroatoms. The number of ketones is 1. The minimum absolute atomic E-state index is 0.00142. The molecular formula is C14H13NO2. The standard InChI is InChI=1S/C14H13NO2/c16-14(13-8-4-5-10-15-13)9-11-17-12-6-2-1-3-7-12/h1-8,10H,9,11H2. The summed E-state index contributed by atoms with van der Waals surface area (Å²) in [5.74, 6) is 0.780. The quantitative estimate of drug-likeness (QED) is 0.737. The molecule has 0 aliphatic carbocycles. The van der Waals surface area contributed by atoms with Gasteiger partial charge in [0, 0.05) is 12.6 Å². The number of hydrogen-bond acceptors (Lipinski definition) is 3.